The first-order valence-corrected chi connectivity index (χ1v) is 23.9. The van der Waals surface area contributed by atoms with Crippen molar-refractivity contribution >= 4 is 32.3 Å². The summed E-state index contributed by atoms with van der Waals surface area (Å²) in [5.74, 6) is 0. The molecule has 60 heavy (non-hydrogen) atoms. The van der Waals surface area contributed by atoms with Gasteiger partial charge in [0, 0.05) is 10.8 Å². The first-order chi connectivity index (χ1) is 29.7. The van der Waals surface area contributed by atoms with E-state index >= 15 is 0 Å². The lowest BCUT2D eigenvalue weighted by Gasteiger charge is -2.36. The third-order valence-corrected chi connectivity index (χ3v) is 14.2. The van der Waals surface area contributed by atoms with Gasteiger partial charge in [-0.05, 0) is 137 Å². The van der Waals surface area contributed by atoms with Gasteiger partial charge < -0.3 is 0 Å². The zero-order valence-corrected chi connectivity index (χ0v) is 37.8. The van der Waals surface area contributed by atoms with Gasteiger partial charge in [0.1, 0.15) is 0 Å². The highest BCUT2D eigenvalue weighted by Crippen LogP contribution is 2.58. The van der Waals surface area contributed by atoms with Crippen molar-refractivity contribution in [3.63, 3.8) is 0 Å². The highest BCUT2D eigenvalue weighted by molar-refractivity contribution is 6.27. The molecule has 0 nitrogen and oxygen atoms in total. The van der Waals surface area contributed by atoms with Crippen molar-refractivity contribution < 1.29 is 0 Å². The molecule has 0 heterocycles. The molecule has 0 N–H and O–H groups in total. The zero-order valence-electron chi connectivity index (χ0n) is 37.8. The molecule has 0 aliphatic heterocycles. The fraction of sp³-hybridized carbons (Fsp3) is 0.333. The summed E-state index contributed by atoms with van der Waals surface area (Å²) in [4.78, 5) is 0. The van der Waals surface area contributed by atoms with E-state index in [0.717, 1.165) is 0 Å². The van der Waals surface area contributed by atoms with Crippen molar-refractivity contribution in [2.75, 3.05) is 0 Å². The molecule has 0 unspecified atom stereocenters. The summed E-state index contributed by atoms with van der Waals surface area (Å²) in [7, 11) is 0. The van der Waals surface area contributed by atoms with Gasteiger partial charge in [0.25, 0.3) is 0 Å². The average Bonchev–Trinajstić information content (AvgIpc) is 3.76. The van der Waals surface area contributed by atoms with E-state index in [1.54, 1.807) is 22.3 Å². The molecule has 8 aromatic rings. The molecule has 0 atom stereocenters. The quantitative estimate of drug-likeness (QED) is 0.153. The lowest BCUT2D eigenvalue weighted by molar-refractivity contribution is 0.353. The summed E-state index contributed by atoms with van der Waals surface area (Å²) in [5, 5.41) is 8.21. The molecule has 8 aromatic carbocycles. The molecule has 4 aliphatic rings. The van der Waals surface area contributed by atoms with Crippen LogP contribution in [0.15, 0.2) is 133 Å². The minimum absolute atomic E-state index is 0.159. The molecule has 2 saturated carbocycles. The standard InChI is InChI=1S/C52H42.4C2H6/c1-7-27-51(28-8-1)45-13-5-3-11-39(45)41-23-19-35(31-47(41)51)37-21-15-33-18-26-44-38(22-16-34-17-25-43(37)49(33)50(34)44)36-20-24-42-40-12-4-6-14-46(40)52(48(42)32-36)29-9-2-10-30-52;4*1-2/h3-6,11-26,31-32H,1-2,7-10,27-30H2;4*1-2H3. The average molecular weight is 787 g/mol. The van der Waals surface area contributed by atoms with E-state index in [1.165, 1.54) is 141 Å². The van der Waals surface area contributed by atoms with Crippen LogP contribution in [0.5, 0.6) is 0 Å². The lowest BCUT2D eigenvalue weighted by Crippen LogP contribution is -2.28. The molecule has 0 aromatic heterocycles. The van der Waals surface area contributed by atoms with Gasteiger partial charge in [0.2, 0.25) is 0 Å². The topological polar surface area (TPSA) is 0 Å². The van der Waals surface area contributed by atoms with Crippen LogP contribution < -0.4 is 0 Å². The minimum atomic E-state index is 0.159. The largest absolute Gasteiger partial charge is 0.0683 e. The Balaban J connectivity index is 0.000000591. The summed E-state index contributed by atoms with van der Waals surface area (Å²) < 4.78 is 0. The SMILES string of the molecule is CC.CC.CC.CC.c1ccc2c(c1)-c1ccc(-c3ccc4ccc5c(-c6ccc7c(c6)C6(CCCCC6)c6ccccc6-7)ccc6ccc3c4c65)cc1C21CCCCC1. The molecule has 0 radical (unpaired) electrons. The van der Waals surface area contributed by atoms with E-state index in [1.807, 2.05) is 55.4 Å². The Bertz CT molecular complexity index is 2550. The second-order valence-electron chi connectivity index (χ2n) is 16.5. The predicted molar refractivity (Wildman–Crippen MR) is 265 cm³/mol. The normalized spacial score (nSPS) is 15.9. The first kappa shape index (κ1) is 41.5. The van der Waals surface area contributed by atoms with Crippen LogP contribution in [-0.2, 0) is 10.8 Å². The molecule has 306 valence electrons. The van der Waals surface area contributed by atoms with Crippen molar-refractivity contribution in [2.45, 2.75) is 130 Å². The van der Waals surface area contributed by atoms with Crippen molar-refractivity contribution in [2.24, 2.45) is 0 Å². The molecule has 0 saturated heterocycles. The fourth-order valence-electron chi connectivity index (χ4n) is 11.9. The number of hydrogen-bond donors (Lipinski definition) is 0. The predicted octanol–water partition coefficient (Wildman–Crippen LogP) is 18.5. The van der Waals surface area contributed by atoms with Gasteiger partial charge in [0.15, 0.2) is 0 Å². The van der Waals surface area contributed by atoms with Crippen LogP contribution in [0.1, 0.15) is 142 Å². The Morgan fingerprint density at radius 3 is 1.03 bits per heavy atom. The fourth-order valence-corrected chi connectivity index (χ4v) is 11.9. The maximum absolute atomic E-state index is 2.59. The van der Waals surface area contributed by atoms with Gasteiger partial charge in [-0.1, -0.05) is 215 Å². The maximum atomic E-state index is 2.59. The molecule has 0 heteroatoms. The Labute approximate surface area is 361 Å². The summed E-state index contributed by atoms with van der Waals surface area (Å²) in [5.41, 5.74) is 17.8. The van der Waals surface area contributed by atoms with Crippen LogP contribution in [0.2, 0.25) is 0 Å². The van der Waals surface area contributed by atoms with Crippen molar-refractivity contribution in [3.8, 4) is 44.5 Å². The van der Waals surface area contributed by atoms with Gasteiger partial charge in [-0.2, -0.15) is 0 Å². The van der Waals surface area contributed by atoms with Crippen LogP contribution in [0, 0.1) is 0 Å². The molecule has 4 aliphatic carbocycles. The molecule has 0 bridgehead atoms. The summed E-state index contributed by atoms with van der Waals surface area (Å²) in [6.07, 6.45) is 13.0. The van der Waals surface area contributed by atoms with Gasteiger partial charge in [-0.3, -0.25) is 0 Å². The van der Waals surface area contributed by atoms with Crippen LogP contribution in [0.25, 0.3) is 76.8 Å². The highest BCUT2D eigenvalue weighted by Gasteiger charge is 2.45. The number of benzene rings is 8. The van der Waals surface area contributed by atoms with Crippen molar-refractivity contribution in [1.82, 2.24) is 0 Å². The van der Waals surface area contributed by atoms with Gasteiger partial charge in [0.05, 0.1) is 0 Å². The van der Waals surface area contributed by atoms with E-state index in [-0.39, 0.29) is 10.8 Å². The third kappa shape index (κ3) is 6.23. The monoisotopic (exact) mass is 787 g/mol. The third-order valence-electron chi connectivity index (χ3n) is 14.2. The van der Waals surface area contributed by atoms with Gasteiger partial charge in [-0.15, -0.1) is 0 Å². The Kier molecular flexibility index (Phi) is 12.1. The summed E-state index contributed by atoms with van der Waals surface area (Å²) in [6.45, 7) is 16.0. The number of hydrogen-bond acceptors (Lipinski definition) is 0. The van der Waals surface area contributed by atoms with Crippen molar-refractivity contribution in [3.05, 3.63) is 156 Å². The zero-order chi connectivity index (χ0) is 42.0. The van der Waals surface area contributed by atoms with Crippen LogP contribution in [0.4, 0.5) is 0 Å². The van der Waals surface area contributed by atoms with E-state index in [2.05, 4.69) is 133 Å². The summed E-state index contributed by atoms with van der Waals surface area (Å²) in [6, 6.07) is 52.5. The van der Waals surface area contributed by atoms with Crippen LogP contribution >= 0.6 is 0 Å². The van der Waals surface area contributed by atoms with Crippen LogP contribution in [-0.4, -0.2) is 0 Å². The smallest absolute Gasteiger partial charge is 0.0215 e. The molecule has 2 spiro atoms. The second-order valence-corrected chi connectivity index (χ2v) is 16.5. The molecule has 12 rings (SSSR count). The van der Waals surface area contributed by atoms with E-state index in [4.69, 9.17) is 0 Å². The van der Waals surface area contributed by atoms with Crippen molar-refractivity contribution in [1.29, 1.82) is 0 Å². The highest BCUT2D eigenvalue weighted by atomic mass is 14.5. The van der Waals surface area contributed by atoms with E-state index in [9.17, 15) is 0 Å². The van der Waals surface area contributed by atoms with Crippen LogP contribution in [0.3, 0.4) is 0 Å². The molecular weight excluding hydrogens is 721 g/mol. The van der Waals surface area contributed by atoms with E-state index < -0.39 is 0 Å². The number of fused-ring (bicyclic) bond motifs is 10. The molecule has 0 amide bonds. The second kappa shape index (κ2) is 17.4. The first-order valence-electron chi connectivity index (χ1n) is 23.9. The minimum Gasteiger partial charge on any atom is -0.0683 e. The summed E-state index contributed by atoms with van der Waals surface area (Å²) >= 11 is 0. The Morgan fingerprint density at radius 2 is 0.633 bits per heavy atom. The lowest BCUT2D eigenvalue weighted by atomic mass is 9.67. The van der Waals surface area contributed by atoms with Gasteiger partial charge in [-0.25, -0.2) is 0 Å². The molecule has 2 fully saturated rings. The Hall–Kier alpha value is -5.20. The van der Waals surface area contributed by atoms with Gasteiger partial charge >= 0.3 is 0 Å². The van der Waals surface area contributed by atoms with E-state index in [0.29, 0.717) is 0 Å². The number of rotatable bonds is 2. The molecular formula is C60H66. The Morgan fingerprint density at radius 1 is 0.300 bits per heavy atom. The maximum Gasteiger partial charge on any atom is 0.0215 e.